The molecule has 3 N–H and O–H groups in total. The van der Waals surface area contributed by atoms with E-state index in [1.165, 1.54) is 19.3 Å². The summed E-state index contributed by atoms with van der Waals surface area (Å²) in [7, 11) is 0. The van der Waals surface area contributed by atoms with Gasteiger partial charge in [-0.2, -0.15) is 0 Å². The molecule has 16 heavy (non-hydrogen) atoms. The van der Waals surface area contributed by atoms with E-state index in [1.807, 2.05) is 6.92 Å². The maximum Gasteiger partial charge on any atom is 0.0609 e. The molecule has 3 nitrogen and oxygen atoms in total. The lowest BCUT2D eigenvalue weighted by molar-refractivity contribution is -0.00838. The first-order chi connectivity index (χ1) is 7.43. The van der Waals surface area contributed by atoms with Crippen LogP contribution < -0.4 is 5.73 Å². The molecule has 0 radical (unpaired) electrons. The summed E-state index contributed by atoms with van der Waals surface area (Å²) >= 11 is 0. The zero-order valence-corrected chi connectivity index (χ0v) is 10.9. The van der Waals surface area contributed by atoms with Gasteiger partial charge in [-0.1, -0.05) is 13.8 Å². The van der Waals surface area contributed by atoms with Gasteiger partial charge in [-0.05, 0) is 44.4 Å². The largest absolute Gasteiger partial charge is 0.394 e. The highest BCUT2D eigenvalue weighted by atomic mass is 16.5. The predicted octanol–water partition coefficient (Wildman–Crippen LogP) is 1.93. The summed E-state index contributed by atoms with van der Waals surface area (Å²) in [6.45, 7) is 7.15. The molecule has 1 rings (SSSR count). The zero-order chi connectivity index (χ0) is 12.2. The molecule has 0 heterocycles. The zero-order valence-electron chi connectivity index (χ0n) is 10.9. The normalized spacial score (nSPS) is 34.7. The van der Waals surface area contributed by atoms with Gasteiger partial charge in [0.1, 0.15) is 0 Å². The van der Waals surface area contributed by atoms with Crippen LogP contribution in [0.2, 0.25) is 0 Å². The van der Waals surface area contributed by atoms with Crippen LogP contribution in [-0.4, -0.2) is 30.0 Å². The minimum absolute atomic E-state index is 0.0217. The van der Waals surface area contributed by atoms with Crippen LogP contribution >= 0.6 is 0 Å². The van der Waals surface area contributed by atoms with Crippen LogP contribution in [-0.2, 0) is 4.74 Å². The molecule has 0 bridgehead atoms. The SMILES string of the molecule is CC1CC(C)CC(OCCC(C)(N)CO)C1. The number of nitrogens with two attached hydrogens (primary N) is 1. The Kier molecular flexibility index (Phi) is 5.22. The van der Waals surface area contributed by atoms with Crippen LogP contribution in [0.5, 0.6) is 0 Å². The lowest BCUT2D eigenvalue weighted by Crippen LogP contribution is -2.41. The second kappa shape index (κ2) is 5.99. The van der Waals surface area contributed by atoms with Gasteiger partial charge in [0.15, 0.2) is 0 Å². The molecule has 0 aromatic rings. The van der Waals surface area contributed by atoms with Crippen molar-refractivity contribution in [3.05, 3.63) is 0 Å². The first-order valence-electron chi connectivity index (χ1n) is 6.44. The summed E-state index contributed by atoms with van der Waals surface area (Å²) in [6, 6.07) is 0. The summed E-state index contributed by atoms with van der Waals surface area (Å²) < 4.78 is 5.87. The molecule has 1 aliphatic rings. The lowest BCUT2D eigenvalue weighted by Gasteiger charge is -2.32. The molecule has 0 aliphatic heterocycles. The molecule has 1 aliphatic carbocycles. The molecule has 1 fully saturated rings. The second-order valence-electron chi connectivity index (χ2n) is 5.97. The fraction of sp³-hybridized carbons (Fsp3) is 1.00. The van der Waals surface area contributed by atoms with Crippen LogP contribution in [0, 0.1) is 11.8 Å². The Bertz CT molecular complexity index is 196. The average Bonchev–Trinajstić information content (AvgIpc) is 2.16. The van der Waals surface area contributed by atoms with Crippen molar-refractivity contribution in [3.8, 4) is 0 Å². The molecular weight excluding hydrogens is 202 g/mol. The Hall–Kier alpha value is -0.120. The molecular formula is C13H27NO2. The molecule has 0 aromatic heterocycles. The highest BCUT2D eigenvalue weighted by Gasteiger charge is 2.25. The van der Waals surface area contributed by atoms with Crippen LogP contribution in [0.4, 0.5) is 0 Å². The van der Waals surface area contributed by atoms with Crippen molar-refractivity contribution in [2.45, 2.75) is 58.1 Å². The summed E-state index contributed by atoms with van der Waals surface area (Å²) in [6.07, 6.45) is 4.79. The third kappa shape index (κ3) is 4.81. The van der Waals surface area contributed by atoms with Gasteiger partial charge >= 0.3 is 0 Å². The number of ether oxygens (including phenoxy) is 1. The standard InChI is InChI=1S/C13H27NO2/c1-10-6-11(2)8-12(7-10)16-5-4-13(3,14)9-15/h10-12,15H,4-9,14H2,1-3H3. The number of hydrogen-bond donors (Lipinski definition) is 2. The van der Waals surface area contributed by atoms with Crippen LogP contribution in [0.15, 0.2) is 0 Å². The summed E-state index contributed by atoms with van der Waals surface area (Å²) in [5.74, 6) is 1.55. The van der Waals surface area contributed by atoms with Gasteiger partial charge in [-0.15, -0.1) is 0 Å². The molecule has 0 spiro atoms. The maximum atomic E-state index is 9.03. The highest BCUT2D eigenvalue weighted by molar-refractivity contribution is 4.78. The number of aliphatic hydroxyl groups is 1. The van der Waals surface area contributed by atoms with Crippen molar-refractivity contribution in [1.29, 1.82) is 0 Å². The van der Waals surface area contributed by atoms with E-state index < -0.39 is 5.54 Å². The third-order valence-electron chi connectivity index (χ3n) is 3.52. The summed E-state index contributed by atoms with van der Waals surface area (Å²) in [5, 5.41) is 9.03. The molecule has 96 valence electrons. The van der Waals surface area contributed by atoms with Crippen molar-refractivity contribution in [2.24, 2.45) is 17.6 Å². The molecule has 0 saturated heterocycles. The fourth-order valence-electron chi connectivity index (χ4n) is 2.55. The van der Waals surface area contributed by atoms with Gasteiger partial charge in [0.25, 0.3) is 0 Å². The summed E-state index contributed by atoms with van der Waals surface area (Å²) in [5.41, 5.74) is 5.36. The van der Waals surface area contributed by atoms with E-state index >= 15 is 0 Å². The van der Waals surface area contributed by atoms with Gasteiger partial charge in [0.05, 0.1) is 12.7 Å². The van der Waals surface area contributed by atoms with Gasteiger partial charge in [0, 0.05) is 12.1 Å². The molecule has 3 atom stereocenters. The number of rotatable bonds is 5. The van der Waals surface area contributed by atoms with E-state index in [9.17, 15) is 0 Å². The van der Waals surface area contributed by atoms with Gasteiger partial charge < -0.3 is 15.6 Å². The van der Waals surface area contributed by atoms with Crippen LogP contribution in [0.3, 0.4) is 0 Å². The van der Waals surface area contributed by atoms with E-state index in [0.29, 0.717) is 12.7 Å². The fourth-order valence-corrected chi connectivity index (χ4v) is 2.55. The number of hydrogen-bond acceptors (Lipinski definition) is 3. The quantitative estimate of drug-likeness (QED) is 0.757. The molecule has 1 saturated carbocycles. The lowest BCUT2D eigenvalue weighted by atomic mass is 9.82. The Balaban J connectivity index is 2.22. The Morgan fingerprint density at radius 2 is 1.81 bits per heavy atom. The monoisotopic (exact) mass is 229 g/mol. The van der Waals surface area contributed by atoms with Crippen molar-refractivity contribution >= 4 is 0 Å². The Labute approximate surface area is 99.4 Å². The maximum absolute atomic E-state index is 9.03. The average molecular weight is 229 g/mol. The highest BCUT2D eigenvalue weighted by Crippen LogP contribution is 2.30. The Morgan fingerprint density at radius 1 is 1.25 bits per heavy atom. The van der Waals surface area contributed by atoms with Crippen molar-refractivity contribution < 1.29 is 9.84 Å². The smallest absolute Gasteiger partial charge is 0.0609 e. The molecule has 3 unspecified atom stereocenters. The summed E-state index contributed by atoms with van der Waals surface area (Å²) in [4.78, 5) is 0. The van der Waals surface area contributed by atoms with Crippen LogP contribution in [0.25, 0.3) is 0 Å². The molecule has 0 amide bonds. The van der Waals surface area contributed by atoms with Crippen LogP contribution in [0.1, 0.15) is 46.5 Å². The first-order valence-corrected chi connectivity index (χ1v) is 6.44. The third-order valence-corrected chi connectivity index (χ3v) is 3.52. The van der Waals surface area contributed by atoms with E-state index in [0.717, 1.165) is 18.3 Å². The van der Waals surface area contributed by atoms with Crippen molar-refractivity contribution in [1.82, 2.24) is 0 Å². The predicted molar refractivity (Wildman–Crippen MR) is 66.2 cm³/mol. The van der Waals surface area contributed by atoms with Crippen molar-refractivity contribution in [2.75, 3.05) is 13.2 Å². The van der Waals surface area contributed by atoms with Gasteiger partial charge in [-0.25, -0.2) is 0 Å². The number of aliphatic hydroxyl groups excluding tert-OH is 1. The van der Waals surface area contributed by atoms with E-state index in [1.54, 1.807) is 0 Å². The minimum Gasteiger partial charge on any atom is -0.394 e. The minimum atomic E-state index is -0.494. The first kappa shape index (κ1) is 13.9. The van der Waals surface area contributed by atoms with E-state index in [-0.39, 0.29) is 6.61 Å². The Morgan fingerprint density at radius 3 is 2.31 bits per heavy atom. The van der Waals surface area contributed by atoms with Gasteiger partial charge in [-0.3, -0.25) is 0 Å². The van der Waals surface area contributed by atoms with E-state index in [4.69, 9.17) is 15.6 Å². The second-order valence-corrected chi connectivity index (χ2v) is 5.97. The van der Waals surface area contributed by atoms with Crippen molar-refractivity contribution in [3.63, 3.8) is 0 Å². The molecule has 0 aromatic carbocycles. The topological polar surface area (TPSA) is 55.5 Å². The van der Waals surface area contributed by atoms with E-state index in [2.05, 4.69) is 13.8 Å². The molecule has 3 heteroatoms. The van der Waals surface area contributed by atoms with Gasteiger partial charge in [0.2, 0.25) is 0 Å².